The highest BCUT2D eigenvalue weighted by Gasteiger charge is 2.61. The first kappa shape index (κ1) is 15.7. The van der Waals surface area contributed by atoms with Gasteiger partial charge in [0.25, 0.3) is 0 Å². The first-order valence-corrected chi connectivity index (χ1v) is 6.59. The maximum absolute atomic E-state index is 12.7. The van der Waals surface area contributed by atoms with Crippen LogP contribution in [0.2, 0.25) is 0 Å². The van der Waals surface area contributed by atoms with Gasteiger partial charge in [-0.25, -0.2) is 0 Å². The molecule has 4 nitrogen and oxygen atoms in total. The van der Waals surface area contributed by atoms with E-state index in [9.17, 15) is 22.0 Å². The zero-order valence-corrected chi connectivity index (χ0v) is 11.1. The number of amidine groups is 1. The van der Waals surface area contributed by atoms with E-state index in [0.29, 0.717) is 11.7 Å². The van der Waals surface area contributed by atoms with E-state index in [4.69, 9.17) is 0 Å². The second-order valence-electron chi connectivity index (χ2n) is 3.82. The van der Waals surface area contributed by atoms with E-state index in [1.807, 2.05) is 0 Å². The minimum Gasteiger partial charge on any atom is -0.426 e. The molecular formula is C11H8F5N3OS. The molecule has 0 fully saturated rings. The van der Waals surface area contributed by atoms with E-state index in [-0.39, 0.29) is 5.69 Å². The fraction of sp³-hybridized carbons (Fsp3) is 0.364. The number of halogens is 5. The second kappa shape index (κ2) is 5.96. The molecule has 1 aromatic carbocycles. The van der Waals surface area contributed by atoms with E-state index in [0.717, 1.165) is 17.9 Å². The molecule has 2 rings (SSSR count). The van der Waals surface area contributed by atoms with E-state index < -0.39 is 18.0 Å². The SMILES string of the molecule is FC(F)(F)C(F)(F)Oc1ccc(N=NC2=NCCS2)cc1. The molecule has 0 radical (unpaired) electrons. The van der Waals surface area contributed by atoms with Crippen molar-refractivity contribution >= 4 is 22.6 Å². The van der Waals surface area contributed by atoms with Gasteiger partial charge < -0.3 is 4.74 Å². The Balaban J connectivity index is 2.02. The van der Waals surface area contributed by atoms with Crippen LogP contribution in [0, 0.1) is 0 Å². The number of ether oxygens (including phenoxy) is 1. The largest absolute Gasteiger partial charge is 0.499 e. The second-order valence-corrected chi connectivity index (χ2v) is 4.89. The van der Waals surface area contributed by atoms with Gasteiger partial charge in [0.1, 0.15) is 5.75 Å². The normalized spacial score (nSPS) is 16.3. The first-order chi connectivity index (χ1) is 9.78. The summed E-state index contributed by atoms with van der Waals surface area (Å²) in [6, 6.07) is 4.34. The number of hydrogen-bond donors (Lipinski definition) is 0. The van der Waals surface area contributed by atoms with Crippen molar-refractivity contribution in [3.05, 3.63) is 24.3 Å². The third kappa shape index (κ3) is 4.13. The highest BCUT2D eigenvalue weighted by Crippen LogP contribution is 2.37. The third-order valence-corrected chi connectivity index (χ3v) is 3.09. The molecule has 21 heavy (non-hydrogen) atoms. The quantitative estimate of drug-likeness (QED) is 0.610. The topological polar surface area (TPSA) is 46.3 Å². The van der Waals surface area contributed by atoms with Gasteiger partial charge in [0, 0.05) is 5.75 Å². The average molecular weight is 325 g/mol. The molecule has 0 aliphatic carbocycles. The molecule has 1 aromatic rings. The summed E-state index contributed by atoms with van der Waals surface area (Å²) in [5.41, 5.74) is 0.285. The zero-order chi connectivity index (χ0) is 15.5. The van der Waals surface area contributed by atoms with Gasteiger partial charge in [0.15, 0.2) is 0 Å². The maximum Gasteiger partial charge on any atom is 0.499 e. The van der Waals surface area contributed by atoms with Crippen molar-refractivity contribution in [2.24, 2.45) is 15.2 Å². The van der Waals surface area contributed by atoms with Crippen molar-refractivity contribution < 1.29 is 26.7 Å². The van der Waals surface area contributed by atoms with Gasteiger partial charge in [-0.15, -0.1) is 10.2 Å². The summed E-state index contributed by atoms with van der Waals surface area (Å²) in [4.78, 5) is 4.01. The van der Waals surface area contributed by atoms with Crippen LogP contribution in [0.5, 0.6) is 5.75 Å². The Bertz CT molecular complexity index is 556. The van der Waals surface area contributed by atoms with Crippen LogP contribution >= 0.6 is 11.8 Å². The monoisotopic (exact) mass is 325 g/mol. The molecule has 0 saturated carbocycles. The van der Waals surface area contributed by atoms with Crippen molar-refractivity contribution in [3.63, 3.8) is 0 Å². The molecular weight excluding hydrogens is 317 g/mol. The fourth-order valence-electron chi connectivity index (χ4n) is 1.27. The summed E-state index contributed by atoms with van der Waals surface area (Å²) in [5.74, 6) is 0.192. The maximum atomic E-state index is 12.7. The zero-order valence-electron chi connectivity index (χ0n) is 10.3. The van der Waals surface area contributed by atoms with Crippen molar-refractivity contribution in [1.82, 2.24) is 0 Å². The summed E-state index contributed by atoms with van der Waals surface area (Å²) >= 11 is 1.42. The molecule has 0 amide bonds. The van der Waals surface area contributed by atoms with Crippen molar-refractivity contribution in [2.75, 3.05) is 12.3 Å². The van der Waals surface area contributed by atoms with E-state index in [1.165, 1.54) is 23.9 Å². The lowest BCUT2D eigenvalue weighted by atomic mass is 10.3. The molecule has 0 spiro atoms. The number of rotatable bonds is 3. The number of alkyl halides is 5. The molecule has 1 heterocycles. The molecule has 0 unspecified atom stereocenters. The van der Waals surface area contributed by atoms with Gasteiger partial charge >= 0.3 is 12.3 Å². The molecule has 0 bridgehead atoms. The first-order valence-electron chi connectivity index (χ1n) is 5.60. The Morgan fingerprint density at radius 3 is 2.24 bits per heavy atom. The van der Waals surface area contributed by atoms with Crippen LogP contribution in [-0.2, 0) is 0 Å². The van der Waals surface area contributed by atoms with Crippen LogP contribution in [0.1, 0.15) is 0 Å². The summed E-state index contributed by atoms with van der Waals surface area (Å²) < 4.78 is 64.9. The van der Waals surface area contributed by atoms with Crippen LogP contribution < -0.4 is 4.74 Å². The minimum atomic E-state index is -5.77. The van der Waals surface area contributed by atoms with Gasteiger partial charge in [0.05, 0.1) is 12.2 Å². The van der Waals surface area contributed by atoms with E-state index in [2.05, 4.69) is 20.0 Å². The Kier molecular flexibility index (Phi) is 4.45. The van der Waals surface area contributed by atoms with Crippen LogP contribution in [0.25, 0.3) is 0 Å². The van der Waals surface area contributed by atoms with Gasteiger partial charge in [-0.2, -0.15) is 22.0 Å². The fourth-order valence-corrected chi connectivity index (χ4v) is 1.92. The summed E-state index contributed by atoms with van der Waals surface area (Å²) in [7, 11) is 0. The minimum absolute atomic E-state index is 0.285. The average Bonchev–Trinajstić information content (AvgIpc) is 2.89. The number of thioether (sulfide) groups is 1. The lowest BCUT2D eigenvalue weighted by molar-refractivity contribution is -0.360. The molecule has 1 aliphatic heterocycles. The predicted octanol–water partition coefficient (Wildman–Crippen LogP) is 4.41. The third-order valence-electron chi connectivity index (χ3n) is 2.23. The highest BCUT2D eigenvalue weighted by molar-refractivity contribution is 8.14. The number of benzene rings is 1. The molecule has 114 valence electrons. The Morgan fingerprint density at radius 2 is 1.71 bits per heavy atom. The molecule has 0 atom stereocenters. The predicted molar refractivity (Wildman–Crippen MR) is 67.3 cm³/mol. The summed E-state index contributed by atoms with van der Waals surface area (Å²) in [5, 5.41) is 8.09. The van der Waals surface area contributed by atoms with Gasteiger partial charge in [-0.05, 0) is 24.3 Å². The lowest BCUT2D eigenvalue weighted by Crippen LogP contribution is -2.41. The van der Waals surface area contributed by atoms with Gasteiger partial charge in [-0.3, -0.25) is 4.99 Å². The smallest absolute Gasteiger partial charge is 0.426 e. The van der Waals surface area contributed by atoms with Crippen molar-refractivity contribution in [1.29, 1.82) is 0 Å². The van der Waals surface area contributed by atoms with Crippen LogP contribution in [0.15, 0.2) is 39.5 Å². The summed E-state index contributed by atoms with van der Waals surface area (Å²) in [6.45, 7) is 0.651. The number of aliphatic imine (C=N–C) groups is 1. The van der Waals surface area contributed by atoms with Crippen molar-refractivity contribution in [3.8, 4) is 5.75 Å². The summed E-state index contributed by atoms with van der Waals surface area (Å²) in [6.07, 6.45) is -11.0. The molecule has 0 saturated heterocycles. The van der Waals surface area contributed by atoms with E-state index >= 15 is 0 Å². The number of azo groups is 1. The molecule has 10 heteroatoms. The molecule has 0 aromatic heterocycles. The Labute approximate surface area is 120 Å². The van der Waals surface area contributed by atoms with Gasteiger partial charge in [0.2, 0.25) is 5.17 Å². The van der Waals surface area contributed by atoms with Crippen molar-refractivity contribution in [2.45, 2.75) is 12.3 Å². The van der Waals surface area contributed by atoms with Crippen LogP contribution in [-0.4, -0.2) is 29.8 Å². The number of hydrogen-bond acceptors (Lipinski definition) is 5. The number of nitrogens with zero attached hydrogens (tertiary/aromatic N) is 3. The Hall–Kier alpha value is -1.71. The van der Waals surface area contributed by atoms with Crippen LogP contribution in [0.4, 0.5) is 27.6 Å². The molecule has 1 aliphatic rings. The Morgan fingerprint density at radius 1 is 1.05 bits per heavy atom. The standard InChI is InChI=1S/C11H8F5N3OS/c12-10(13,14)11(15,16)20-8-3-1-7(2-4-8)18-19-9-17-5-6-21-9/h1-4H,5-6H2. The van der Waals surface area contributed by atoms with E-state index in [1.54, 1.807) is 0 Å². The molecule has 0 N–H and O–H groups in total. The van der Waals surface area contributed by atoms with Gasteiger partial charge in [-0.1, -0.05) is 11.8 Å². The van der Waals surface area contributed by atoms with Crippen LogP contribution in [0.3, 0.4) is 0 Å². The lowest BCUT2D eigenvalue weighted by Gasteiger charge is -2.19. The highest BCUT2D eigenvalue weighted by atomic mass is 32.2.